The molecule has 5 nitrogen and oxygen atoms in total. The number of rotatable bonds is 5. The van der Waals surface area contributed by atoms with E-state index < -0.39 is 6.04 Å². The molecule has 0 bridgehead atoms. The van der Waals surface area contributed by atoms with Crippen LogP contribution in [0.15, 0.2) is 42.9 Å². The number of aromatic nitrogens is 2. The lowest BCUT2D eigenvalue weighted by Gasteiger charge is -2.21. The molecule has 2 aromatic rings. The Labute approximate surface area is 148 Å². The van der Waals surface area contributed by atoms with Crippen molar-refractivity contribution >= 4 is 5.91 Å². The monoisotopic (exact) mass is 338 g/mol. The highest BCUT2D eigenvalue weighted by Gasteiger charge is 2.39. The number of carbonyl (C=O) groups is 1. The molecule has 4 rings (SSSR count). The first-order valence-corrected chi connectivity index (χ1v) is 9.28. The Kier molecular flexibility index (Phi) is 4.57. The Bertz CT molecular complexity index is 714. The standard InChI is InChI=1S/C20H26N4O/c21-19(20(25)24-11-16-7-4-8-17(16)12-24)9-18-13-23(14-22-18)10-15-5-2-1-3-6-15/h1-3,5-6,13-14,16-17,19H,4,7-12,21H2/t16?,17?,19-/m0/s1. The second kappa shape index (κ2) is 7.00. The summed E-state index contributed by atoms with van der Waals surface area (Å²) in [6, 6.07) is 9.79. The normalized spacial score (nSPS) is 23.6. The van der Waals surface area contributed by atoms with E-state index in [4.69, 9.17) is 5.73 Å². The molecule has 1 saturated carbocycles. The van der Waals surface area contributed by atoms with E-state index in [9.17, 15) is 4.79 Å². The Morgan fingerprint density at radius 3 is 2.64 bits per heavy atom. The van der Waals surface area contributed by atoms with E-state index in [2.05, 4.69) is 17.1 Å². The number of imidazole rings is 1. The van der Waals surface area contributed by atoms with Gasteiger partial charge in [0.1, 0.15) is 0 Å². The Hall–Kier alpha value is -2.14. The van der Waals surface area contributed by atoms with Crippen molar-refractivity contribution in [1.29, 1.82) is 0 Å². The molecular weight excluding hydrogens is 312 g/mol. The Morgan fingerprint density at radius 1 is 1.20 bits per heavy atom. The molecule has 2 fully saturated rings. The number of hydrogen-bond acceptors (Lipinski definition) is 3. The number of benzene rings is 1. The molecule has 0 spiro atoms. The lowest BCUT2D eigenvalue weighted by atomic mass is 10.0. The van der Waals surface area contributed by atoms with Crippen LogP contribution in [0.4, 0.5) is 0 Å². The van der Waals surface area contributed by atoms with E-state index in [1.54, 1.807) is 0 Å². The third-order valence-corrected chi connectivity index (χ3v) is 5.68. The van der Waals surface area contributed by atoms with Crippen molar-refractivity contribution in [3.05, 3.63) is 54.1 Å². The first-order chi connectivity index (χ1) is 12.2. The van der Waals surface area contributed by atoms with Crippen LogP contribution in [0.3, 0.4) is 0 Å². The van der Waals surface area contributed by atoms with Crippen molar-refractivity contribution in [2.45, 2.75) is 38.3 Å². The average Bonchev–Trinajstić information content (AvgIpc) is 3.31. The zero-order valence-corrected chi connectivity index (χ0v) is 14.6. The number of carbonyl (C=O) groups excluding carboxylic acids is 1. The van der Waals surface area contributed by atoms with Crippen LogP contribution in [0.25, 0.3) is 0 Å². The van der Waals surface area contributed by atoms with Crippen LogP contribution in [0, 0.1) is 11.8 Å². The first kappa shape index (κ1) is 16.3. The maximum absolute atomic E-state index is 12.6. The fourth-order valence-corrected chi connectivity index (χ4v) is 4.35. The van der Waals surface area contributed by atoms with Gasteiger partial charge in [0.2, 0.25) is 5.91 Å². The molecule has 1 aromatic carbocycles. The number of nitrogens with zero attached hydrogens (tertiary/aromatic N) is 3. The van der Waals surface area contributed by atoms with Crippen molar-refractivity contribution in [2.24, 2.45) is 17.6 Å². The number of amides is 1. The molecule has 1 amide bonds. The van der Waals surface area contributed by atoms with Crippen LogP contribution >= 0.6 is 0 Å². The van der Waals surface area contributed by atoms with Gasteiger partial charge in [-0.1, -0.05) is 36.8 Å². The lowest BCUT2D eigenvalue weighted by Crippen LogP contribution is -2.44. The number of nitrogens with two attached hydrogens (primary N) is 1. The van der Waals surface area contributed by atoms with Gasteiger partial charge in [-0.3, -0.25) is 4.79 Å². The van der Waals surface area contributed by atoms with Gasteiger partial charge in [0.15, 0.2) is 0 Å². The molecule has 1 aliphatic heterocycles. The number of hydrogen-bond donors (Lipinski definition) is 1. The van der Waals surface area contributed by atoms with Gasteiger partial charge in [0, 0.05) is 32.3 Å². The highest BCUT2D eigenvalue weighted by Crippen LogP contribution is 2.37. The summed E-state index contributed by atoms with van der Waals surface area (Å²) in [5.41, 5.74) is 8.32. The van der Waals surface area contributed by atoms with E-state index in [1.165, 1.54) is 24.8 Å². The average molecular weight is 338 g/mol. The van der Waals surface area contributed by atoms with Crippen molar-refractivity contribution < 1.29 is 4.79 Å². The third-order valence-electron chi connectivity index (χ3n) is 5.68. The topological polar surface area (TPSA) is 64.2 Å². The van der Waals surface area contributed by atoms with E-state index in [-0.39, 0.29) is 5.91 Å². The largest absolute Gasteiger partial charge is 0.341 e. The van der Waals surface area contributed by atoms with E-state index in [0.29, 0.717) is 18.3 Å². The minimum absolute atomic E-state index is 0.0898. The van der Waals surface area contributed by atoms with Crippen LogP contribution in [0.1, 0.15) is 30.5 Å². The molecule has 1 aliphatic carbocycles. The third kappa shape index (κ3) is 3.61. The zero-order valence-electron chi connectivity index (χ0n) is 14.6. The van der Waals surface area contributed by atoms with E-state index >= 15 is 0 Å². The minimum Gasteiger partial charge on any atom is -0.341 e. The van der Waals surface area contributed by atoms with Gasteiger partial charge in [-0.15, -0.1) is 0 Å². The summed E-state index contributed by atoms with van der Waals surface area (Å²) in [4.78, 5) is 19.1. The fourth-order valence-electron chi connectivity index (χ4n) is 4.35. The van der Waals surface area contributed by atoms with Crippen molar-refractivity contribution in [1.82, 2.24) is 14.5 Å². The first-order valence-electron chi connectivity index (χ1n) is 9.28. The molecule has 1 aromatic heterocycles. The van der Waals surface area contributed by atoms with Crippen molar-refractivity contribution in [3.8, 4) is 0 Å². The SMILES string of the molecule is N[C@@H](Cc1cn(Cc2ccccc2)cn1)C(=O)N1CC2CCCC2C1. The summed E-state index contributed by atoms with van der Waals surface area (Å²) in [6.07, 6.45) is 8.19. The van der Waals surface area contributed by atoms with Crippen LogP contribution in [-0.4, -0.2) is 39.5 Å². The van der Waals surface area contributed by atoms with Gasteiger partial charge in [-0.2, -0.15) is 0 Å². The molecular formula is C20H26N4O. The number of fused-ring (bicyclic) bond motifs is 1. The molecule has 1 saturated heterocycles. The summed E-state index contributed by atoms with van der Waals surface area (Å²) in [7, 11) is 0. The molecule has 3 atom stereocenters. The lowest BCUT2D eigenvalue weighted by molar-refractivity contribution is -0.131. The minimum atomic E-state index is -0.487. The summed E-state index contributed by atoms with van der Waals surface area (Å²) < 4.78 is 2.04. The second-order valence-corrected chi connectivity index (χ2v) is 7.53. The molecule has 5 heteroatoms. The van der Waals surface area contributed by atoms with Crippen LogP contribution < -0.4 is 5.73 Å². The molecule has 2 unspecified atom stereocenters. The Morgan fingerprint density at radius 2 is 1.92 bits per heavy atom. The molecule has 132 valence electrons. The summed E-state index contributed by atoms with van der Waals surface area (Å²) >= 11 is 0. The van der Waals surface area contributed by atoms with Gasteiger partial charge in [-0.05, 0) is 30.2 Å². The van der Waals surface area contributed by atoms with Crippen molar-refractivity contribution in [2.75, 3.05) is 13.1 Å². The van der Waals surface area contributed by atoms with Crippen LogP contribution in [-0.2, 0) is 17.8 Å². The number of likely N-dealkylation sites (tertiary alicyclic amines) is 1. The van der Waals surface area contributed by atoms with Gasteiger partial charge < -0.3 is 15.2 Å². The van der Waals surface area contributed by atoms with E-state index in [0.717, 1.165) is 25.3 Å². The smallest absolute Gasteiger partial charge is 0.239 e. The maximum atomic E-state index is 12.6. The second-order valence-electron chi connectivity index (χ2n) is 7.53. The summed E-state index contributed by atoms with van der Waals surface area (Å²) in [5.74, 6) is 1.51. The fraction of sp³-hybridized carbons (Fsp3) is 0.500. The van der Waals surface area contributed by atoms with Crippen molar-refractivity contribution in [3.63, 3.8) is 0 Å². The van der Waals surface area contributed by atoms with Gasteiger partial charge >= 0.3 is 0 Å². The maximum Gasteiger partial charge on any atom is 0.239 e. The Balaban J connectivity index is 1.33. The summed E-state index contributed by atoms with van der Waals surface area (Å²) in [5, 5.41) is 0. The molecule has 2 heterocycles. The van der Waals surface area contributed by atoms with E-state index in [1.807, 2.05) is 40.2 Å². The predicted octanol–water partition coefficient (Wildman–Crippen LogP) is 2.06. The predicted molar refractivity (Wildman–Crippen MR) is 96.9 cm³/mol. The zero-order chi connectivity index (χ0) is 17.2. The molecule has 0 radical (unpaired) electrons. The summed E-state index contributed by atoms with van der Waals surface area (Å²) in [6.45, 7) is 2.59. The van der Waals surface area contributed by atoms with Crippen LogP contribution in [0.2, 0.25) is 0 Å². The highest BCUT2D eigenvalue weighted by molar-refractivity contribution is 5.82. The van der Waals surface area contributed by atoms with Gasteiger partial charge in [0.05, 0.1) is 18.1 Å². The highest BCUT2D eigenvalue weighted by atomic mass is 16.2. The quantitative estimate of drug-likeness (QED) is 0.907. The van der Waals surface area contributed by atoms with Crippen LogP contribution in [0.5, 0.6) is 0 Å². The van der Waals surface area contributed by atoms with Gasteiger partial charge in [-0.25, -0.2) is 4.98 Å². The molecule has 25 heavy (non-hydrogen) atoms. The molecule has 2 aliphatic rings. The molecule has 2 N–H and O–H groups in total. The van der Waals surface area contributed by atoms with Gasteiger partial charge in [0.25, 0.3) is 0 Å².